The Balaban J connectivity index is 1.75. The van der Waals surface area contributed by atoms with Gasteiger partial charge in [0.2, 0.25) is 0 Å². The zero-order valence-electron chi connectivity index (χ0n) is 15.6. The number of hydrogen-bond donors (Lipinski definition) is 2. The highest BCUT2D eigenvalue weighted by Gasteiger charge is 2.60. The zero-order chi connectivity index (χ0) is 17.1. The van der Waals surface area contributed by atoms with E-state index in [9.17, 15) is 10.2 Å². The molecule has 4 aliphatic rings. The summed E-state index contributed by atoms with van der Waals surface area (Å²) in [5, 5.41) is 20.9. The Morgan fingerprint density at radius 2 is 1.83 bits per heavy atom. The van der Waals surface area contributed by atoms with Gasteiger partial charge in [-0.3, -0.25) is 0 Å². The second kappa shape index (κ2) is 5.82. The average molecular weight is 335 g/mol. The quantitative estimate of drug-likeness (QED) is 0.757. The number of aliphatic hydroxyl groups excluding tert-OH is 2. The number of rotatable bonds is 2. The van der Waals surface area contributed by atoms with Crippen molar-refractivity contribution in [1.29, 1.82) is 0 Å². The first kappa shape index (κ1) is 17.1. The Morgan fingerprint density at radius 1 is 1.04 bits per heavy atom. The van der Waals surface area contributed by atoms with E-state index >= 15 is 0 Å². The van der Waals surface area contributed by atoms with Crippen molar-refractivity contribution < 1.29 is 14.9 Å². The Bertz CT molecular complexity index is 541. The third-order valence-corrected chi connectivity index (χ3v) is 8.52. The number of fused-ring (bicyclic) bond motifs is 5. The first-order valence-electron chi connectivity index (χ1n) is 9.96. The molecule has 0 aromatic rings. The molecule has 0 bridgehead atoms. The van der Waals surface area contributed by atoms with Crippen molar-refractivity contribution in [3.05, 3.63) is 11.1 Å². The van der Waals surface area contributed by atoms with Crippen LogP contribution in [0.25, 0.3) is 0 Å². The summed E-state index contributed by atoms with van der Waals surface area (Å²) >= 11 is 0. The van der Waals surface area contributed by atoms with E-state index in [1.807, 2.05) is 7.11 Å². The molecule has 3 heteroatoms. The van der Waals surface area contributed by atoms with Gasteiger partial charge in [-0.1, -0.05) is 18.1 Å². The summed E-state index contributed by atoms with van der Waals surface area (Å²) in [4.78, 5) is 0. The number of methoxy groups -OCH3 is 1. The van der Waals surface area contributed by atoms with E-state index < -0.39 is 0 Å². The Morgan fingerprint density at radius 3 is 2.58 bits per heavy atom. The van der Waals surface area contributed by atoms with Gasteiger partial charge in [0.25, 0.3) is 0 Å². The van der Waals surface area contributed by atoms with E-state index in [1.54, 1.807) is 0 Å². The molecule has 0 saturated heterocycles. The van der Waals surface area contributed by atoms with Gasteiger partial charge in [0.05, 0.1) is 18.8 Å². The molecular formula is C21H34O3. The molecule has 2 unspecified atom stereocenters. The highest BCUT2D eigenvalue weighted by molar-refractivity contribution is 5.31. The maximum atomic E-state index is 10.6. The first-order valence-corrected chi connectivity index (χ1v) is 9.96. The van der Waals surface area contributed by atoms with Crippen molar-refractivity contribution in [3.63, 3.8) is 0 Å². The molecule has 7 atom stereocenters. The van der Waals surface area contributed by atoms with E-state index in [-0.39, 0.29) is 23.0 Å². The van der Waals surface area contributed by atoms with E-state index in [4.69, 9.17) is 4.74 Å². The predicted molar refractivity (Wildman–Crippen MR) is 94.5 cm³/mol. The molecule has 2 N–H and O–H groups in total. The lowest BCUT2D eigenvalue weighted by molar-refractivity contribution is -0.0954. The maximum absolute atomic E-state index is 10.6. The molecule has 0 heterocycles. The van der Waals surface area contributed by atoms with Gasteiger partial charge in [-0.25, -0.2) is 0 Å². The zero-order valence-corrected chi connectivity index (χ0v) is 15.6. The van der Waals surface area contributed by atoms with Crippen molar-refractivity contribution in [2.45, 2.75) is 77.4 Å². The van der Waals surface area contributed by atoms with Gasteiger partial charge < -0.3 is 14.9 Å². The standard InChI is InChI=1S/C21H34O3/c1-13-10-15-16-4-5-19(23)20(16,2)8-7-17(15)21(12-24-3)9-6-14(22)11-18(13)21/h14-17,19,22-23H,4-12H2,1-3H3/t14?,15-,16-,17+,19?,20-,21-/m0/s1. The summed E-state index contributed by atoms with van der Waals surface area (Å²) in [6.07, 6.45) is 8.26. The van der Waals surface area contributed by atoms with Crippen LogP contribution in [-0.2, 0) is 4.74 Å². The SMILES string of the molecule is COC[C@]12CCC(O)CC1=C(C)C[C@@H]1[C@H]2CC[C@]2(C)C(O)CC[C@@H]12. The fourth-order valence-corrected chi connectivity index (χ4v) is 7.36. The van der Waals surface area contributed by atoms with Gasteiger partial charge in [0.15, 0.2) is 0 Å². The number of allylic oxidation sites excluding steroid dienone is 1. The van der Waals surface area contributed by atoms with E-state index in [0.29, 0.717) is 17.8 Å². The lowest BCUT2D eigenvalue weighted by Gasteiger charge is -2.59. The molecule has 0 aromatic heterocycles. The minimum atomic E-state index is -0.168. The summed E-state index contributed by atoms with van der Waals surface area (Å²) in [5.74, 6) is 2.02. The molecule has 0 amide bonds. The molecule has 0 radical (unpaired) electrons. The third-order valence-electron chi connectivity index (χ3n) is 8.52. The minimum Gasteiger partial charge on any atom is -0.393 e. The molecule has 4 rings (SSSR count). The summed E-state index contributed by atoms with van der Waals surface area (Å²) in [7, 11) is 1.84. The highest BCUT2D eigenvalue weighted by Crippen LogP contribution is 2.66. The molecule has 4 aliphatic carbocycles. The van der Waals surface area contributed by atoms with Gasteiger partial charge >= 0.3 is 0 Å². The second-order valence-corrected chi connectivity index (χ2v) is 9.46. The molecule has 24 heavy (non-hydrogen) atoms. The predicted octanol–water partition coefficient (Wildman–Crippen LogP) is 3.69. The van der Waals surface area contributed by atoms with Crippen LogP contribution in [0.5, 0.6) is 0 Å². The summed E-state index contributed by atoms with van der Waals surface area (Å²) in [5.41, 5.74) is 3.31. The van der Waals surface area contributed by atoms with Gasteiger partial charge in [-0.05, 0) is 81.5 Å². The molecule has 0 aliphatic heterocycles. The Kier molecular flexibility index (Phi) is 4.14. The minimum absolute atomic E-state index is 0.110. The van der Waals surface area contributed by atoms with Gasteiger partial charge in [0, 0.05) is 12.5 Å². The smallest absolute Gasteiger partial charge is 0.0596 e. The fourth-order valence-electron chi connectivity index (χ4n) is 7.36. The van der Waals surface area contributed by atoms with Crippen LogP contribution >= 0.6 is 0 Å². The normalized spacial score (nSPS) is 51.1. The van der Waals surface area contributed by atoms with Crippen LogP contribution in [0.2, 0.25) is 0 Å². The molecule has 3 fully saturated rings. The number of aliphatic hydroxyl groups is 2. The number of hydrogen-bond acceptors (Lipinski definition) is 3. The molecule has 136 valence electrons. The van der Waals surface area contributed by atoms with Crippen LogP contribution in [0.3, 0.4) is 0 Å². The number of ether oxygens (including phenoxy) is 1. The monoisotopic (exact) mass is 334 g/mol. The third kappa shape index (κ3) is 2.20. The molecule has 0 spiro atoms. The fraction of sp³-hybridized carbons (Fsp3) is 0.905. The molecule has 3 saturated carbocycles. The summed E-state index contributed by atoms with van der Waals surface area (Å²) in [6.45, 7) is 5.44. The average Bonchev–Trinajstić information content (AvgIpc) is 2.85. The summed E-state index contributed by atoms with van der Waals surface area (Å²) < 4.78 is 5.77. The van der Waals surface area contributed by atoms with E-state index in [0.717, 1.165) is 38.7 Å². The molecule has 3 nitrogen and oxygen atoms in total. The Hall–Kier alpha value is -0.380. The lowest BCUT2D eigenvalue weighted by atomic mass is 9.46. The van der Waals surface area contributed by atoms with E-state index in [1.165, 1.54) is 30.4 Å². The first-order chi connectivity index (χ1) is 11.4. The van der Waals surface area contributed by atoms with Crippen molar-refractivity contribution in [1.82, 2.24) is 0 Å². The van der Waals surface area contributed by atoms with Gasteiger partial charge in [0.1, 0.15) is 0 Å². The topological polar surface area (TPSA) is 49.7 Å². The van der Waals surface area contributed by atoms with Crippen LogP contribution in [0.4, 0.5) is 0 Å². The van der Waals surface area contributed by atoms with Crippen molar-refractivity contribution in [2.24, 2.45) is 28.6 Å². The van der Waals surface area contributed by atoms with Crippen molar-refractivity contribution in [3.8, 4) is 0 Å². The van der Waals surface area contributed by atoms with Crippen LogP contribution in [0, 0.1) is 28.6 Å². The van der Waals surface area contributed by atoms with E-state index in [2.05, 4.69) is 13.8 Å². The van der Waals surface area contributed by atoms with Crippen LogP contribution in [-0.4, -0.2) is 36.1 Å². The lowest BCUT2D eigenvalue weighted by Crippen LogP contribution is -2.54. The largest absolute Gasteiger partial charge is 0.393 e. The van der Waals surface area contributed by atoms with Gasteiger partial charge in [-0.2, -0.15) is 0 Å². The Labute approximate surface area is 146 Å². The van der Waals surface area contributed by atoms with Crippen LogP contribution in [0.1, 0.15) is 65.2 Å². The van der Waals surface area contributed by atoms with Crippen LogP contribution < -0.4 is 0 Å². The second-order valence-electron chi connectivity index (χ2n) is 9.46. The molecular weight excluding hydrogens is 300 g/mol. The van der Waals surface area contributed by atoms with Crippen LogP contribution in [0.15, 0.2) is 11.1 Å². The summed E-state index contributed by atoms with van der Waals surface area (Å²) in [6, 6.07) is 0. The molecule has 0 aromatic carbocycles. The van der Waals surface area contributed by atoms with Crippen molar-refractivity contribution in [2.75, 3.05) is 13.7 Å². The van der Waals surface area contributed by atoms with Crippen molar-refractivity contribution >= 4 is 0 Å². The highest BCUT2D eigenvalue weighted by atomic mass is 16.5. The van der Waals surface area contributed by atoms with Gasteiger partial charge in [-0.15, -0.1) is 0 Å². The maximum Gasteiger partial charge on any atom is 0.0596 e.